The average Bonchev–Trinajstić information content (AvgIpc) is 3.56. The Morgan fingerprint density at radius 2 is 1.71 bits per heavy atom. The Balaban J connectivity index is 0.872. The van der Waals surface area contributed by atoms with Crippen LogP contribution < -0.4 is 30.7 Å². The molecule has 4 N–H and O–H groups in total. The molecule has 0 bridgehead atoms. The predicted octanol–water partition coefficient (Wildman–Crippen LogP) is 7.43. The van der Waals surface area contributed by atoms with E-state index in [-0.39, 0.29) is 63.4 Å². The van der Waals surface area contributed by atoms with Crippen molar-refractivity contribution in [3.05, 3.63) is 100 Å². The molecule has 3 heterocycles. The smallest absolute Gasteiger partial charge is 0.266 e. The number of hydrogen-bond acceptors (Lipinski definition) is 13. The first-order valence-corrected chi connectivity index (χ1v) is 24.6. The Kier molecular flexibility index (Phi) is 17.2. The molecule has 1 aromatic heterocycles. The number of aryl methyl sites for hydroxylation is 1. The molecule has 19 heteroatoms. The van der Waals surface area contributed by atoms with E-state index in [4.69, 9.17) is 21.1 Å². The van der Waals surface area contributed by atoms with Gasteiger partial charge in [0.15, 0.2) is 22.3 Å². The molecule has 5 amide bonds. The molecule has 0 aliphatic carbocycles. The number of imide groups is 1. The fraction of sp³-hybridized carbons (Fsp3) is 0.408. The highest BCUT2D eigenvalue weighted by molar-refractivity contribution is 7.92. The molecule has 0 saturated carbocycles. The van der Waals surface area contributed by atoms with Gasteiger partial charge >= 0.3 is 0 Å². The van der Waals surface area contributed by atoms with Crippen molar-refractivity contribution in [2.24, 2.45) is 0 Å². The van der Waals surface area contributed by atoms with Gasteiger partial charge in [0.1, 0.15) is 22.6 Å². The number of nitrogens with zero attached hydrogens (tertiary/aromatic N) is 4. The van der Waals surface area contributed by atoms with E-state index >= 15 is 0 Å². The number of hydrogen-bond donors (Lipinski definition) is 4. The average molecular weight is 972 g/mol. The number of sulfone groups is 1. The molecule has 1 atom stereocenters. The predicted molar refractivity (Wildman–Crippen MR) is 260 cm³/mol. The normalized spacial score (nSPS) is 14.7. The standard InChI is InChI=1S/C49H59ClN8O9S/c1-30(2)68(64,65)41-19-13-12-17-36(41)54-45-35(50)28-52-49(56-45)55-37-26-31(3)33(27-40(37)66-6)23-25-57(5)43(60)20-11-9-7-8-10-14-24-51-42(59)29-67-39-18-15-16-34-44(39)48(63)58(47(34)62)38-22-21-32(4)53-46(38)61/h12-13,15-19,26-28,30,38H,4,7-11,14,20-25,29H2,1-3,5-6H3,(H,51,59)(H,53,61)(H2,52,54,55,56). The van der Waals surface area contributed by atoms with Crippen LogP contribution in [0.4, 0.5) is 23.1 Å². The van der Waals surface area contributed by atoms with Crippen LogP contribution >= 0.6 is 11.6 Å². The number of fused-ring (bicyclic) bond motifs is 1. The van der Waals surface area contributed by atoms with Gasteiger partial charge in [-0.15, -0.1) is 0 Å². The SMILES string of the molecule is C=C1CCC(N2C(=O)c3cccc(OCC(=O)NCCCCCCCCC(=O)N(C)CCc4cc(OC)c(Nc5ncc(Cl)c(Nc6ccccc6S(=O)(=O)C(C)C)n5)cc4C)c3C2=O)C(=O)N1. The Bertz CT molecular complexity index is 2680. The van der Waals surface area contributed by atoms with E-state index < -0.39 is 38.9 Å². The minimum absolute atomic E-state index is 0.0467. The van der Waals surface area contributed by atoms with Crippen LogP contribution in [0.25, 0.3) is 0 Å². The molecule has 1 unspecified atom stereocenters. The van der Waals surface area contributed by atoms with Crippen LogP contribution in [0.5, 0.6) is 11.5 Å². The van der Waals surface area contributed by atoms with Gasteiger partial charge in [-0.2, -0.15) is 4.98 Å². The second kappa shape index (κ2) is 23.0. The highest BCUT2D eigenvalue weighted by Crippen LogP contribution is 2.36. The number of likely N-dealkylation sites (N-methyl/N-ethyl adjacent to an activating group) is 1. The minimum atomic E-state index is -3.59. The highest BCUT2D eigenvalue weighted by atomic mass is 35.5. The second-order valence-electron chi connectivity index (χ2n) is 17.1. The van der Waals surface area contributed by atoms with Gasteiger partial charge in [-0.1, -0.05) is 62.1 Å². The van der Waals surface area contributed by atoms with Crippen molar-refractivity contribution in [3.8, 4) is 11.5 Å². The number of nitrogens with one attached hydrogen (secondary N) is 4. The number of aromatic nitrogens is 2. The number of ether oxygens (including phenoxy) is 2. The van der Waals surface area contributed by atoms with Gasteiger partial charge in [0, 0.05) is 32.3 Å². The van der Waals surface area contributed by atoms with Crippen molar-refractivity contribution in [1.29, 1.82) is 0 Å². The summed E-state index contributed by atoms with van der Waals surface area (Å²) in [5.41, 5.74) is 3.66. The number of anilines is 4. The Morgan fingerprint density at radius 3 is 2.44 bits per heavy atom. The molecule has 1 fully saturated rings. The first-order chi connectivity index (χ1) is 32.5. The summed E-state index contributed by atoms with van der Waals surface area (Å²) < 4.78 is 37.4. The van der Waals surface area contributed by atoms with Crippen molar-refractivity contribution < 1.29 is 41.9 Å². The van der Waals surface area contributed by atoms with Crippen LogP contribution in [-0.4, -0.2) is 103 Å². The van der Waals surface area contributed by atoms with E-state index in [0.717, 1.165) is 54.6 Å². The third kappa shape index (κ3) is 12.3. The number of piperidine rings is 1. The number of amides is 5. The van der Waals surface area contributed by atoms with E-state index in [1.165, 1.54) is 18.3 Å². The van der Waals surface area contributed by atoms with E-state index in [2.05, 4.69) is 37.8 Å². The number of unbranched alkanes of at least 4 members (excludes halogenated alkanes) is 5. The number of allylic oxidation sites excluding steroid dienone is 1. The summed E-state index contributed by atoms with van der Waals surface area (Å²) in [5.74, 6) is -0.842. The third-order valence-electron chi connectivity index (χ3n) is 11.9. The zero-order chi connectivity index (χ0) is 49.1. The monoisotopic (exact) mass is 970 g/mol. The summed E-state index contributed by atoms with van der Waals surface area (Å²) in [5, 5.41) is 11.3. The molecule has 6 rings (SSSR count). The molecular formula is C49H59ClN8O9S. The van der Waals surface area contributed by atoms with Crippen molar-refractivity contribution in [2.45, 2.75) is 101 Å². The molecule has 2 aliphatic rings. The molecular weight excluding hydrogens is 912 g/mol. The number of carbonyl (C=O) groups is 5. The number of para-hydroxylation sites is 1. The topological polar surface area (TPSA) is 218 Å². The second-order valence-corrected chi connectivity index (χ2v) is 20.0. The molecule has 68 heavy (non-hydrogen) atoms. The molecule has 4 aromatic rings. The van der Waals surface area contributed by atoms with Gasteiger partial charge in [-0.3, -0.25) is 28.9 Å². The fourth-order valence-electron chi connectivity index (χ4n) is 7.92. The quantitative estimate of drug-likeness (QED) is 0.0421. The maximum atomic E-state index is 13.3. The van der Waals surface area contributed by atoms with E-state index in [9.17, 15) is 32.4 Å². The lowest BCUT2D eigenvalue weighted by molar-refractivity contribution is -0.130. The number of halogens is 1. The van der Waals surface area contributed by atoms with Crippen LogP contribution in [0.1, 0.15) is 103 Å². The van der Waals surface area contributed by atoms with Gasteiger partial charge in [0.2, 0.25) is 17.8 Å². The van der Waals surface area contributed by atoms with Crippen molar-refractivity contribution in [2.75, 3.05) is 44.5 Å². The van der Waals surface area contributed by atoms with Crippen molar-refractivity contribution in [1.82, 2.24) is 30.4 Å². The third-order valence-corrected chi connectivity index (χ3v) is 14.4. The molecule has 17 nitrogen and oxygen atoms in total. The summed E-state index contributed by atoms with van der Waals surface area (Å²) in [6, 6.07) is 14.1. The first kappa shape index (κ1) is 50.9. The van der Waals surface area contributed by atoms with Gasteiger partial charge in [-0.25, -0.2) is 13.4 Å². The lowest BCUT2D eigenvalue weighted by atomic mass is 10.0. The molecule has 0 radical (unpaired) electrons. The Labute approximate surface area is 402 Å². The first-order valence-electron chi connectivity index (χ1n) is 22.7. The number of benzene rings is 3. The molecule has 362 valence electrons. The van der Waals surface area contributed by atoms with E-state index in [1.807, 2.05) is 26.1 Å². The van der Waals surface area contributed by atoms with Crippen molar-refractivity contribution >= 4 is 74.1 Å². The largest absolute Gasteiger partial charge is 0.495 e. The number of carbonyl (C=O) groups excluding carboxylic acids is 5. The fourth-order valence-corrected chi connectivity index (χ4v) is 9.26. The van der Waals surface area contributed by atoms with Crippen LogP contribution in [-0.2, 0) is 30.6 Å². The summed E-state index contributed by atoms with van der Waals surface area (Å²) in [6.07, 6.45) is 8.50. The summed E-state index contributed by atoms with van der Waals surface area (Å²) >= 11 is 6.44. The summed E-state index contributed by atoms with van der Waals surface area (Å²) in [7, 11) is -0.218. The van der Waals surface area contributed by atoms with Gasteiger partial charge < -0.3 is 35.6 Å². The zero-order valence-electron chi connectivity index (χ0n) is 39.1. The lowest BCUT2D eigenvalue weighted by Gasteiger charge is -2.29. The molecule has 1 saturated heterocycles. The Hall–Kier alpha value is -6.53. The minimum Gasteiger partial charge on any atom is -0.495 e. The van der Waals surface area contributed by atoms with Crippen molar-refractivity contribution in [3.63, 3.8) is 0 Å². The van der Waals surface area contributed by atoms with Crippen LogP contribution in [0.2, 0.25) is 5.02 Å². The Morgan fingerprint density at radius 1 is 0.971 bits per heavy atom. The van der Waals surface area contributed by atoms with E-state index in [1.54, 1.807) is 56.2 Å². The molecule has 0 spiro atoms. The van der Waals surface area contributed by atoms with Crippen LogP contribution in [0.15, 0.2) is 78.0 Å². The van der Waals surface area contributed by atoms with E-state index in [0.29, 0.717) is 55.2 Å². The van der Waals surface area contributed by atoms with Crippen LogP contribution in [0.3, 0.4) is 0 Å². The highest BCUT2D eigenvalue weighted by Gasteiger charge is 2.45. The zero-order valence-corrected chi connectivity index (χ0v) is 40.6. The maximum Gasteiger partial charge on any atom is 0.266 e. The maximum absolute atomic E-state index is 13.3. The van der Waals surface area contributed by atoms with Gasteiger partial charge in [0.25, 0.3) is 17.7 Å². The number of methoxy groups -OCH3 is 1. The van der Waals surface area contributed by atoms with Gasteiger partial charge in [0.05, 0.1) is 46.0 Å². The summed E-state index contributed by atoms with van der Waals surface area (Å²) in [4.78, 5) is 76.2. The van der Waals surface area contributed by atoms with Gasteiger partial charge in [-0.05, 0) is 100 Å². The van der Waals surface area contributed by atoms with Crippen LogP contribution in [0, 0.1) is 6.92 Å². The molecule has 3 aromatic carbocycles. The summed E-state index contributed by atoms with van der Waals surface area (Å²) in [6.45, 7) is 9.62. The lowest BCUT2D eigenvalue weighted by Crippen LogP contribution is -2.51. The number of rotatable bonds is 23. The molecule has 2 aliphatic heterocycles.